The number of allylic oxidation sites excluding steroid dienone is 4. The second-order valence-electron chi connectivity index (χ2n) is 13.6. The van der Waals surface area contributed by atoms with E-state index < -0.39 is 32.5 Å². The summed E-state index contributed by atoms with van der Waals surface area (Å²) in [6, 6.07) is 0. The minimum absolute atomic E-state index is 0.184. The summed E-state index contributed by atoms with van der Waals surface area (Å²) in [5, 5.41) is 0. The van der Waals surface area contributed by atoms with Crippen molar-refractivity contribution in [3.05, 3.63) is 36.5 Å². The van der Waals surface area contributed by atoms with Crippen LogP contribution in [0, 0.1) is 0 Å². The molecule has 0 aromatic carbocycles. The first-order valence-electron chi connectivity index (χ1n) is 19.9. The fourth-order valence-electron chi connectivity index (χ4n) is 5.70. The van der Waals surface area contributed by atoms with E-state index in [-0.39, 0.29) is 31.7 Å². The molecule has 0 saturated carbocycles. The quantitative estimate of drug-likeness (QED) is 0.0215. The molecule has 0 spiro atoms. The minimum atomic E-state index is -4.77. The molecule has 3 atom stereocenters. The maximum absolute atomic E-state index is 12.4. The second kappa shape index (κ2) is 31.9. The van der Waals surface area contributed by atoms with Gasteiger partial charge in [0, 0.05) is 12.8 Å². The number of epoxide rings is 1. The van der Waals surface area contributed by atoms with Crippen molar-refractivity contribution in [1.29, 1.82) is 0 Å². The zero-order valence-corrected chi connectivity index (χ0v) is 32.4. The summed E-state index contributed by atoms with van der Waals surface area (Å²) in [6.45, 7) is 3.59. The molecule has 2 N–H and O–H groups in total. The zero-order chi connectivity index (χ0) is 36.5. The van der Waals surface area contributed by atoms with Crippen LogP contribution in [0.15, 0.2) is 36.5 Å². The van der Waals surface area contributed by atoms with Crippen LogP contribution >= 0.6 is 7.82 Å². The molecular formula is C40H71O9P. The van der Waals surface area contributed by atoms with Gasteiger partial charge in [0.05, 0.1) is 18.8 Å². The van der Waals surface area contributed by atoms with Gasteiger partial charge in [0.25, 0.3) is 0 Å². The Bertz CT molecular complexity index is 974. The number of carbonyl (C=O) groups excluding carboxylic acids is 2. The van der Waals surface area contributed by atoms with E-state index in [1.54, 1.807) is 0 Å². The first-order chi connectivity index (χ1) is 24.2. The lowest BCUT2D eigenvalue weighted by Gasteiger charge is -2.18. The van der Waals surface area contributed by atoms with Crippen molar-refractivity contribution in [2.75, 3.05) is 13.2 Å². The molecule has 50 heavy (non-hydrogen) atoms. The van der Waals surface area contributed by atoms with Crippen LogP contribution in [0.3, 0.4) is 0 Å². The van der Waals surface area contributed by atoms with Gasteiger partial charge in [0.15, 0.2) is 6.10 Å². The highest BCUT2D eigenvalue weighted by molar-refractivity contribution is 7.46. The average molecular weight is 727 g/mol. The Labute approximate surface area is 304 Å². The van der Waals surface area contributed by atoms with Gasteiger partial charge in [-0.3, -0.25) is 14.1 Å². The number of carbonyl (C=O) groups is 2. The first-order valence-corrected chi connectivity index (χ1v) is 21.4. The van der Waals surface area contributed by atoms with E-state index in [9.17, 15) is 14.2 Å². The number of ether oxygens (including phenoxy) is 3. The normalized spacial score (nSPS) is 16.9. The molecule has 1 rings (SSSR count). The minimum Gasteiger partial charge on any atom is -0.462 e. The Balaban J connectivity index is 2.13. The van der Waals surface area contributed by atoms with Crippen molar-refractivity contribution in [2.24, 2.45) is 0 Å². The summed E-state index contributed by atoms with van der Waals surface area (Å²) in [7, 11) is -4.77. The maximum atomic E-state index is 12.4. The molecule has 0 radical (unpaired) electrons. The Hall–Kier alpha value is -1.77. The van der Waals surface area contributed by atoms with E-state index in [1.165, 1.54) is 83.5 Å². The summed E-state index contributed by atoms with van der Waals surface area (Å²) >= 11 is 0. The van der Waals surface area contributed by atoms with Crippen LogP contribution in [-0.4, -0.2) is 53.3 Å². The predicted molar refractivity (Wildman–Crippen MR) is 202 cm³/mol. The van der Waals surface area contributed by atoms with E-state index in [1.807, 2.05) is 6.08 Å². The molecule has 290 valence electrons. The third kappa shape index (κ3) is 31.0. The van der Waals surface area contributed by atoms with Crippen molar-refractivity contribution >= 4 is 19.8 Å². The second-order valence-corrected chi connectivity index (χ2v) is 14.9. The lowest BCUT2D eigenvalue weighted by atomic mass is 10.0. The first kappa shape index (κ1) is 46.3. The molecule has 0 bridgehead atoms. The van der Waals surface area contributed by atoms with Gasteiger partial charge < -0.3 is 24.0 Å². The van der Waals surface area contributed by atoms with Crippen LogP contribution in [0.1, 0.15) is 174 Å². The van der Waals surface area contributed by atoms with E-state index in [0.29, 0.717) is 12.8 Å². The van der Waals surface area contributed by atoms with Gasteiger partial charge in [-0.25, -0.2) is 4.57 Å². The fraction of sp³-hybridized carbons (Fsp3) is 0.800. The fourth-order valence-corrected chi connectivity index (χ4v) is 6.06. The standard InChI is InChI=1S/C40H71O9P/c1-3-5-7-9-11-13-14-15-16-17-19-21-23-29-33-40(42)48-36(35-47-50(43,44)45)34-46-39(41)32-28-25-24-27-31-38-37(49-38)30-26-22-20-18-12-10-8-6-4-2/h12,18,22,24,26-27,36-38H,3-11,13-17,19-21,23,25,28-35H2,1-2H3,(H2,43,44,45)/b18-12-,26-22-,27-24-/t36-,37?,38?/m1/s1. The molecule has 0 amide bonds. The summed E-state index contributed by atoms with van der Waals surface area (Å²) in [6.07, 6.45) is 38.9. The van der Waals surface area contributed by atoms with Crippen LogP contribution in [0.2, 0.25) is 0 Å². The highest BCUT2D eigenvalue weighted by Gasteiger charge is 2.36. The van der Waals surface area contributed by atoms with Crippen molar-refractivity contribution < 1.29 is 42.7 Å². The van der Waals surface area contributed by atoms with Gasteiger partial charge >= 0.3 is 19.8 Å². The van der Waals surface area contributed by atoms with Crippen LogP contribution in [0.4, 0.5) is 0 Å². The highest BCUT2D eigenvalue weighted by atomic mass is 31.2. The van der Waals surface area contributed by atoms with Gasteiger partial charge in [-0.2, -0.15) is 0 Å². The molecule has 0 aromatic rings. The van der Waals surface area contributed by atoms with E-state index in [4.69, 9.17) is 24.0 Å². The lowest BCUT2D eigenvalue weighted by Crippen LogP contribution is -2.29. The largest absolute Gasteiger partial charge is 0.469 e. The molecule has 1 heterocycles. The number of unbranched alkanes of at least 4 members (excludes halogenated alkanes) is 17. The molecule has 9 nitrogen and oxygen atoms in total. The summed E-state index contributed by atoms with van der Waals surface area (Å²) < 4.78 is 32.0. The van der Waals surface area contributed by atoms with Gasteiger partial charge in [0.1, 0.15) is 6.61 Å². The molecule has 1 fully saturated rings. The Morgan fingerprint density at radius 3 is 1.70 bits per heavy atom. The monoisotopic (exact) mass is 726 g/mol. The van der Waals surface area contributed by atoms with Gasteiger partial charge in [-0.1, -0.05) is 147 Å². The van der Waals surface area contributed by atoms with Gasteiger partial charge in [-0.15, -0.1) is 0 Å². The smallest absolute Gasteiger partial charge is 0.462 e. The van der Waals surface area contributed by atoms with Gasteiger partial charge in [-0.05, 0) is 51.4 Å². The number of phosphoric ester groups is 1. The van der Waals surface area contributed by atoms with Crippen LogP contribution in [0.5, 0.6) is 0 Å². The topological polar surface area (TPSA) is 132 Å². The number of phosphoric acid groups is 1. The maximum Gasteiger partial charge on any atom is 0.469 e. The predicted octanol–water partition coefficient (Wildman–Crippen LogP) is 10.8. The number of hydrogen-bond acceptors (Lipinski definition) is 7. The SMILES string of the molecule is CCCCC/C=C\C/C=C\CC1OC1C/C=C\CCCC(=O)OC[C@H](COP(=O)(O)O)OC(=O)CCCCCCCCCCCCCCCC. The molecule has 1 aliphatic heterocycles. The van der Waals surface area contributed by atoms with E-state index >= 15 is 0 Å². The Morgan fingerprint density at radius 1 is 0.620 bits per heavy atom. The molecule has 1 aliphatic rings. The number of rotatable bonds is 35. The number of esters is 2. The van der Waals surface area contributed by atoms with E-state index in [2.05, 4.69) is 48.8 Å². The summed E-state index contributed by atoms with van der Waals surface area (Å²) in [4.78, 5) is 42.8. The molecule has 10 heteroatoms. The number of hydrogen-bond donors (Lipinski definition) is 2. The summed E-state index contributed by atoms with van der Waals surface area (Å²) in [5.74, 6) is -0.955. The Kier molecular flexibility index (Phi) is 29.5. The van der Waals surface area contributed by atoms with Crippen LogP contribution < -0.4 is 0 Å². The lowest BCUT2D eigenvalue weighted by molar-refractivity contribution is -0.161. The van der Waals surface area contributed by atoms with Crippen LogP contribution in [-0.2, 0) is 32.9 Å². The summed E-state index contributed by atoms with van der Waals surface area (Å²) in [5.41, 5.74) is 0. The highest BCUT2D eigenvalue weighted by Crippen LogP contribution is 2.36. The van der Waals surface area contributed by atoms with Crippen molar-refractivity contribution in [3.8, 4) is 0 Å². The molecule has 2 unspecified atom stereocenters. The van der Waals surface area contributed by atoms with Gasteiger partial charge in [0.2, 0.25) is 0 Å². The van der Waals surface area contributed by atoms with E-state index in [0.717, 1.165) is 51.4 Å². The molecule has 0 aromatic heterocycles. The van der Waals surface area contributed by atoms with Crippen molar-refractivity contribution in [2.45, 2.75) is 193 Å². The molecule has 0 aliphatic carbocycles. The van der Waals surface area contributed by atoms with Crippen molar-refractivity contribution in [3.63, 3.8) is 0 Å². The zero-order valence-electron chi connectivity index (χ0n) is 31.5. The average Bonchev–Trinajstić information content (AvgIpc) is 3.84. The molecule has 1 saturated heterocycles. The Morgan fingerprint density at radius 2 is 1.10 bits per heavy atom. The molecular weight excluding hydrogens is 655 g/mol. The van der Waals surface area contributed by atoms with Crippen LogP contribution in [0.25, 0.3) is 0 Å². The van der Waals surface area contributed by atoms with Crippen molar-refractivity contribution in [1.82, 2.24) is 0 Å². The third-order valence-electron chi connectivity index (χ3n) is 8.81. The third-order valence-corrected chi connectivity index (χ3v) is 9.30.